The average molecular weight is 223 g/mol. The van der Waals surface area contributed by atoms with Crippen LogP contribution in [0.2, 0.25) is 0 Å². The van der Waals surface area contributed by atoms with Crippen molar-refractivity contribution in [1.82, 2.24) is 10.2 Å². The van der Waals surface area contributed by atoms with E-state index in [0.29, 0.717) is 0 Å². The summed E-state index contributed by atoms with van der Waals surface area (Å²) in [6.07, 6.45) is 0.749. The van der Waals surface area contributed by atoms with Gasteiger partial charge in [-0.25, -0.2) is 0 Å². The smallest absolute Gasteiger partial charge is 0.150 e. The highest BCUT2D eigenvalue weighted by Crippen LogP contribution is 2.20. The molecule has 16 heavy (non-hydrogen) atoms. The van der Waals surface area contributed by atoms with E-state index in [1.165, 1.54) is 0 Å². The van der Waals surface area contributed by atoms with Crippen molar-refractivity contribution in [2.24, 2.45) is 0 Å². The summed E-state index contributed by atoms with van der Waals surface area (Å²) in [6, 6.07) is 3.99. The van der Waals surface area contributed by atoms with Gasteiger partial charge in [0.25, 0.3) is 0 Å². The van der Waals surface area contributed by atoms with Crippen molar-refractivity contribution in [3.05, 3.63) is 17.8 Å². The van der Waals surface area contributed by atoms with Gasteiger partial charge in [-0.3, -0.25) is 0 Å². The summed E-state index contributed by atoms with van der Waals surface area (Å²) in [4.78, 5) is 2.00. The predicted octanol–water partition coefficient (Wildman–Crippen LogP) is 1.59. The SMILES string of the molecule is CN(CCCO)c1ccc(C(C)(C)C)nn1. The van der Waals surface area contributed by atoms with Crippen LogP contribution in [0.3, 0.4) is 0 Å². The van der Waals surface area contributed by atoms with Crippen molar-refractivity contribution >= 4 is 5.82 Å². The minimum absolute atomic E-state index is 0.0369. The van der Waals surface area contributed by atoms with Gasteiger partial charge < -0.3 is 10.0 Å². The second-order valence-corrected chi connectivity index (χ2v) is 5.03. The first kappa shape index (κ1) is 12.9. The normalized spacial score (nSPS) is 11.6. The Morgan fingerprint density at radius 2 is 1.94 bits per heavy atom. The van der Waals surface area contributed by atoms with Gasteiger partial charge in [0, 0.05) is 25.6 Å². The molecule has 0 aromatic carbocycles. The summed E-state index contributed by atoms with van der Waals surface area (Å²) in [5.74, 6) is 0.849. The van der Waals surface area contributed by atoms with Crippen molar-refractivity contribution in [2.75, 3.05) is 25.1 Å². The average Bonchev–Trinajstić information content (AvgIpc) is 2.25. The lowest BCUT2D eigenvalue weighted by atomic mass is 9.92. The molecule has 90 valence electrons. The van der Waals surface area contributed by atoms with Crippen LogP contribution in [0.15, 0.2) is 12.1 Å². The molecule has 1 N–H and O–H groups in total. The molecule has 0 amide bonds. The molecule has 0 saturated heterocycles. The van der Waals surface area contributed by atoms with Gasteiger partial charge in [0.05, 0.1) is 5.69 Å². The quantitative estimate of drug-likeness (QED) is 0.842. The van der Waals surface area contributed by atoms with Crippen molar-refractivity contribution in [3.63, 3.8) is 0 Å². The van der Waals surface area contributed by atoms with Crippen molar-refractivity contribution in [1.29, 1.82) is 0 Å². The van der Waals surface area contributed by atoms with Crippen molar-refractivity contribution in [2.45, 2.75) is 32.6 Å². The zero-order valence-corrected chi connectivity index (χ0v) is 10.6. The van der Waals surface area contributed by atoms with Crippen LogP contribution in [0.1, 0.15) is 32.9 Å². The summed E-state index contributed by atoms with van der Waals surface area (Å²) >= 11 is 0. The number of aliphatic hydroxyl groups is 1. The topological polar surface area (TPSA) is 49.2 Å². The summed E-state index contributed by atoms with van der Waals surface area (Å²) in [5.41, 5.74) is 1.03. The standard InChI is InChI=1S/C12H21N3O/c1-12(2,3)10-6-7-11(14-13-10)15(4)8-5-9-16/h6-7,16H,5,8-9H2,1-4H3. The van der Waals surface area contributed by atoms with E-state index < -0.39 is 0 Å². The number of aliphatic hydroxyl groups excluding tert-OH is 1. The molecule has 0 unspecified atom stereocenters. The minimum atomic E-state index is 0.0369. The van der Waals surface area contributed by atoms with E-state index in [4.69, 9.17) is 5.11 Å². The Labute approximate surface area is 97.3 Å². The molecule has 0 atom stereocenters. The lowest BCUT2D eigenvalue weighted by molar-refractivity contribution is 0.290. The first-order valence-electron chi connectivity index (χ1n) is 5.61. The Morgan fingerprint density at radius 3 is 2.38 bits per heavy atom. The lowest BCUT2D eigenvalue weighted by Crippen LogP contribution is -2.22. The maximum absolute atomic E-state index is 8.75. The highest BCUT2D eigenvalue weighted by molar-refractivity contribution is 5.36. The highest BCUT2D eigenvalue weighted by atomic mass is 16.3. The summed E-state index contributed by atoms with van der Waals surface area (Å²) in [6.45, 7) is 7.35. The Morgan fingerprint density at radius 1 is 1.25 bits per heavy atom. The summed E-state index contributed by atoms with van der Waals surface area (Å²) in [7, 11) is 1.95. The monoisotopic (exact) mass is 223 g/mol. The van der Waals surface area contributed by atoms with Crippen LogP contribution in [0, 0.1) is 0 Å². The predicted molar refractivity (Wildman–Crippen MR) is 65.7 cm³/mol. The Hall–Kier alpha value is -1.16. The van der Waals surface area contributed by atoms with Gasteiger partial charge in [-0.15, -0.1) is 5.10 Å². The second kappa shape index (κ2) is 5.25. The molecule has 4 nitrogen and oxygen atoms in total. The largest absolute Gasteiger partial charge is 0.396 e. The molecule has 1 aromatic heterocycles. The molecular formula is C12H21N3O. The molecule has 1 aromatic rings. The molecule has 0 aliphatic rings. The number of anilines is 1. The Kier molecular flexibility index (Phi) is 4.24. The fourth-order valence-electron chi connectivity index (χ4n) is 1.35. The first-order chi connectivity index (χ1) is 7.45. The first-order valence-corrected chi connectivity index (χ1v) is 5.61. The molecule has 0 bridgehead atoms. The summed E-state index contributed by atoms with van der Waals surface area (Å²) in [5, 5.41) is 17.2. The van der Waals surface area contributed by atoms with Crippen LogP contribution in [-0.4, -0.2) is 35.5 Å². The molecule has 0 radical (unpaired) electrons. The minimum Gasteiger partial charge on any atom is -0.396 e. The van der Waals surface area contributed by atoms with Crippen LogP contribution in [0.4, 0.5) is 5.82 Å². The van der Waals surface area contributed by atoms with Gasteiger partial charge >= 0.3 is 0 Å². The number of rotatable bonds is 4. The van der Waals surface area contributed by atoms with Crippen LogP contribution >= 0.6 is 0 Å². The molecular weight excluding hydrogens is 202 g/mol. The molecule has 0 aliphatic carbocycles. The fraction of sp³-hybridized carbons (Fsp3) is 0.667. The van der Waals surface area contributed by atoms with E-state index in [1.807, 2.05) is 24.1 Å². The third-order valence-corrected chi connectivity index (χ3v) is 2.46. The van der Waals surface area contributed by atoms with Crippen LogP contribution < -0.4 is 4.90 Å². The number of hydrogen-bond donors (Lipinski definition) is 1. The third-order valence-electron chi connectivity index (χ3n) is 2.46. The van der Waals surface area contributed by atoms with Crippen molar-refractivity contribution in [3.8, 4) is 0 Å². The molecule has 0 aliphatic heterocycles. The van der Waals surface area contributed by atoms with Crippen molar-refractivity contribution < 1.29 is 5.11 Å². The van der Waals surface area contributed by atoms with Crippen LogP contribution in [-0.2, 0) is 5.41 Å². The number of aromatic nitrogens is 2. The molecule has 1 rings (SSSR count). The summed E-state index contributed by atoms with van der Waals surface area (Å²) < 4.78 is 0. The Bertz CT molecular complexity index is 316. The van der Waals surface area contributed by atoms with E-state index in [2.05, 4.69) is 31.0 Å². The molecule has 1 heterocycles. The van der Waals surface area contributed by atoms with Gasteiger partial charge in [0.2, 0.25) is 0 Å². The van der Waals surface area contributed by atoms with Gasteiger partial charge in [0.1, 0.15) is 0 Å². The zero-order chi connectivity index (χ0) is 12.2. The van der Waals surface area contributed by atoms with E-state index >= 15 is 0 Å². The van der Waals surface area contributed by atoms with E-state index in [9.17, 15) is 0 Å². The van der Waals surface area contributed by atoms with Gasteiger partial charge in [0.15, 0.2) is 5.82 Å². The number of hydrogen-bond acceptors (Lipinski definition) is 4. The van der Waals surface area contributed by atoms with E-state index in [1.54, 1.807) is 0 Å². The fourth-order valence-corrected chi connectivity index (χ4v) is 1.35. The molecule has 4 heteroatoms. The lowest BCUT2D eigenvalue weighted by Gasteiger charge is -2.20. The highest BCUT2D eigenvalue weighted by Gasteiger charge is 2.16. The van der Waals surface area contributed by atoms with Crippen LogP contribution in [0.25, 0.3) is 0 Å². The van der Waals surface area contributed by atoms with E-state index in [0.717, 1.165) is 24.5 Å². The zero-order valence-electron chi connectivity index (χ0n) is 10.6. The third kappa shape index (κ3) is 3.45. The Balaban J connectivity index is 2.71. The van der Waals surface area contributed by atoms with Gasteiger partial charge in [-0.1, -0.05) is 20.8 Å². The van der Waals surface area contributed by atoms with Gasteiger partial charge in [-0.2, -0.15) is 5.10 Å². The molecule has 0 saturated carbocycles. The molecule has 0 fully saturated rings. The maximum atomic E-state index is 8.75. The number of nitrogens with zero attached hydrogens (tertiary/aromatic N) is 3. The van der Waals surface area contributed by atoms with Gasteiger partial charge in [-0.05, 0) is 18.6 Å². The second-order valence-electron chi connectivity index (χ2n) is 5.03. The van der Waals surface area contributed by atoms with E-state index in [-0.39, 0.29) is 12.0 Å². The molecule has 0 spiro atoms. The maximum Gasteiger partial charge on any atom is 0.150 e. The van der Waals surface area contributed by atoms with Crippen LogP contribution in [0.5, 0.6) is 0 Å².